The van der Waals surface area contributed by atoms with Gasteiger partial charge in [-0.1, -0.05) is 11.6 Å². The minimum atomic E-state index is -5.06. The van der Waals surface area contributed by atoms with Crippen molar-refractivity contribution in [1.82, 2.24) is 0 Å². The molecule has 2 aromatic rings. The van der Waals surface area contributed by atoms with Crippen LogP contribution in [0.3, 0.4) is 0 Å². The molecule has 0 N–H and O–H groups in total. The Bertz CT molecular complexity index is 1020. The lowest BCUT2D eigenvalue weighted by Gasteiger charge is -2.46. The summed E-state index contributed by atoms with van der Waals surface area (Å²) in [6.45, 7) is 0.367. The minimum Gasteiger partial charge on any atom is -0.349 e. The lowest BCUT2D eigenvalue weighted by Crippen LogP contribution is -2.48. The SMILES string of the molecule is Cc1cc2c(c(C(F)(F)F)c1)N1Cc3cc(C(F)(F)F)cc(C(F)(F)F)c3N(C2)C1. The highest BCUT2D eigenvalue weighted by Crippen LogP contribution is 2.49. The lowest BCUT2D eigenvalue weighted by atomic mass is 9.93. The van der Waals surface area contributed by atoms with Crippen molar-refractivity contribution in [1.29, 1.82) is 0 Å². The highest BCUT2D eigenvalue weighted by Gasteiger charge is 2.45. The maximum absolute atomic E-state index is 13.6. The molecule has 0 fully saturated rings. The van der Waals surface area contributed by atoms with Gasteiger partial charge in [0.25, 0.3) is 0 Å². The van der Waals surface area contributed by atoms with Crippen molar-refractivity contribution in [3.8, 4) is 0 Å². The molecule has 4 rings (SSSR count). The molecule has 2 aliphatic rings. The Morgan fingerprint density at radius 1 is 0.633 bits per heavy atom. The minimum absolute atomic E-state index is 0.0569. The van der Waals surface area contributed by atoms with E-state index in [-0.39, 0.29) is 41.7 Å². The molecule has 0 atom stereocenters. The maximum atomic E-state index is 13.6. The smallest absolute Gasteiger partial charge is 0.349 e. The molecule has 0 aliphatic carbocycles. The predicted molar refractivity (Wildman–Crippen MR) is 89.9 cm³/mol. The second kappa shape index (κ2) is 6.21. The number of hydrogen-bond acceptors (Lipinski definition) is 2. The molecule has 0 unspecified atom stereocenters. The number of rotatable bonds is 0. The summed E-state index contributed by atoms with van der Waals surface area (Å²) in [5, 5.41) is 0. The van der Waals surface area contributed by atoms with Crippen LogP contribution < -0.4 is 9.80 Å². The first-order valence-corrected chi connectivity index (χ1v) is 8.68. The van der Waals surface area contributed by atoms with Gasteiger partial charge >= 0.3 is 18.5 Å². The van der Waals surface area contributed by atoms with Gasteiger partial charge in [-0.3, -0.25) is 0 Å². The zero-order valence-corrected chi connectivity index (χ0v) is 15.2. The monoisotopic (exact) mass is 440 g/mol. The Balaban J connectivity index is 1.93. The zero-order valence-electron chi connectivity index (χ0n) is 15.2. The van der Waals surface area contributed by atoms with Crippen LogP contribution in [0.25, 0.3) is 0 Å². The molecule has 2 aromatic carbocycles. The van der Waals surface area contributed by atoms with Crippen molar-refractivity contribution in [3.05, 3.63) is 57.6 Å². The van der Waals surface area contributed by atoms with E-state index >= 15 is 0 Å². The molecule has 2 heterocycles. The van der Waals surface area contributed by atoms with Crippen LogP contribution in [0.15, 0.2) is 24.3 Å². The van der Waals surface area contributed by atoms with Gasteiger partial charge in [-0.15, -0.1) is 0 Å². The summed E-state index contributed by atoms with van der Waals surface area (Å²) in [5.74, 6) is 0. The number of alkyl halides is 9. The van der Waals surface area contributed by atoms with Crippen LogP contribution in [-0.2, 0) is 31.6 Å². The Hall–Kier alpha value is -2.59. The molecule has 0 radical (unpaired) electrons. The fourth-order valence-corrected chi connectivity index (χ4v) is 4.15. The number of aryl methyl sites for hydroxylation is 1. The van der Waals surface area contributed by atoms with Crippen LogP contribution in [0, 0.1) is 6.92 Å². The molecule has 0 aromatic heterocycles. The van der Waals surface area contributed by atoms with Crippen molar-refractivity contribution >= 4 is 11.4 Å². The number of fused-ring (bicyclic) bond motifs is 6. The normalized spacial score (nSPS) is 16.5. The van der Waals surface area contributed by atoms with Gasteiger partial charge in [-0.05, 0) is 36.2 Å². The van der Waals surface area contributed by atoms with Crippen LogP contribution in [0.5, 0.6) is 0 Å². The summed E-state index contributed by atoms with van der Waals surface area (Å²) >= 11 is 0. The summed E-state index contributed by atoms with van der Waals surface area (Å²) in [7, 11) is 0. The van der Waals surface area contributed by atoms with E-state index in [1.165, 1.54) is 22.8 Å². The van der Waals surface area contributed by atoms with E-state index in [1.54, 1.807) is 0 Å². The average molecular weight is 440 g/mol. The van der Waals surface area contributed by atoms with E-state index in [2.05, 4.69) is 0 Å². The molecule has 30 heavy (non-hydrogen) atoms. The molecule has 0 amide bonds. The quantitative estimate of drug-likeness (QED) is 0.441. The van der Waals surface area contributed by atoms with E-state index in [4.69, 9.17) is 0 Å². The highest BCUT2D eigenvalue weighted by atomic mass is 19.4. The topological polar surface area (TPSA) is 6.48 Å². The standard InChI is InChI=1S/C19H13F9N2/c1-9-2-10-6-29-8-30(15(10)13(3-9)18(23,24)25)7-11-4-12(17(20,21)22)5-14(16(11)29)19(26,27)28/h2-5H,6-8H2,1H3. The average Bonchev–Trinajstić information content (AvgIpc) is 2.57. The first-order valence-electron chi connectivity index (χ1n) is 8.68. The van der Waals surface area contributed by atoms with Crippen LogP contribution in [0.4, 0.5) is 50.9 Å². The third-order valence-electron chi connectivity index (χ3n) is 5.16. The van der Waals surface area contributed by atoms with Crippen LogP contribution in [0.2, 0.25) is 0 Å². The molecule has 0 saturated carbocycles. The molecule has 162 valence electrons. The fourth-order valence-electron chi connectivity index (χ4n) is 4.15. The number of benzene rings is 2. The molecule has 0 saturated heterocycles. The number of anilines is 2. The van der Waals surface area contributed by atoms with E-state index in [0.717, 1.165) is 6.07 Å². The summed E-state index contributed by atoms with van der Waals surface area (Å²) in [5.41, 5.74) is -4.38. The highest BCUT2D eigenvalue weighted by molar-refractivity contribution is 5.73. The predicted octanol–water partition coefficient (Wildman–Crippen LogP) is 6.35. The van der Waals surface area contributed by atoms with E-state index in [0.29, 0.717) is 6.07 Å². The van der Waals surface area contributed by atoms with Crippen molar-refractivity contribution in [2.75, 3.05) is 16.5 Å². The van der Waals surface area contributed by atoms with Gasteiger partial charge < -0.3 is 9.80 Å². The second-order valence-corrected chi connectivity index (χ2v) is 7.38. The van der Waals surface area contributed by atoms with Gasteiger partial charge in [-0.25, -0.2) is 0 Å². The maximum Gasteiger partial charge on any atom is 0.418 e. The van der Waals surface area contributed by atoms with Crippen molar-refractivity contribution < 1.29 is 39.5 Å². The molecular formula is C19H13F9N2. The third kappa shape index (κ3) is 3.33. The second-order valence-electron chi connectivity index (χ2n) is 7.38. The zero-order chi connectivity index (χ0) is 22.2. The van der Waals surface area contributed by atoms with Crippen LogP contribution >= 0.6 is 0 Å². The first-order chi connectivity index (χ1) is 13.7. The van der Waals surface area contributed by atoms with Crippen LogP contribution in [0.1, 0.15) is 33.4 Å². The van der Waals surface area contributed by atoms with Crippen molar-refractivity contribution in [3.63, 3.8) is 0 Å². The van der Waals surface area contributed by atoms with Gasteiger partial charge in [-0.2, -0.15) is 39.5 Å². The summed E-state index contributed by atoms with van der Waals surface area (Å²) in [6.07, 6.45) is -14.8. The molecule has 2 bridgehead atoms. The number of nitrogens with zero attached hydrogens (tertiary/aromatic N) is 2. The first kappa shape index (κ1) is 20.7. The van der Waals surface area contributed by atoms with E-state index in [9.17, 15) is 39.5 Å². The lowest BCUT2D eigenvalue weighted by molar-refractivity contribution is -0.143. The Morgan fingerprint density at radius 2 is 1.10 bits per heavy atom. The molecule has 2 nitrogen and oxygen atoms in total. The van der Waals surface area contributed by atoms with E-state index in [1.807, 2.05) is 0 Å². The number of halogens is 9. The van der Waals surface area contributed by atoms with Gasteiger partial charge in [0, 0.05) is 13.1 Å². The van der Waals surface area contributed by atoms with E-state index < -0.39 is 47.5 Å². The molecule has 0 spiro atoms. The van der Waals surface area contributed by atoms with Crippen molar-refractivity contribution in [2.24, 2.45) is 0 Å². The summed E-state index contributed by atoms with van der Waals surface area (Å²) < 4.78 is 121. The number of hydrogen-bond donors (Lipinski definition) is 0. The van der Waals surface area contributed by atoms with Gasteiger partial charge in [0.1, 0.15) is 0 Å². The van der Waals surface area contributed by atoms with Gasteiger partial charge in [0.15, 0.2) is 0 Å². The third-order valence-corrected chi connectivity index (χ3v) is 5.16. The fraction of sp³-hybridized carbons (Fsp3) is 0.368. The summed E-state index contributed by atoms with van der Waals surface area (Å²) in [4.78, 5) is 2.34. The summed E-state index contributed by atoms with van der Waals surface area (Å²) in [6, 6.07) is 3.01. The Kier molecular flexibility index (Phi) is 4.28. The van der Waals surface area contributed by atoms with Gasteiger partial charge in [0.2, 0.25) is 0 Å². The molecular weight excluding hydrogens is 427 g/mol. The molecule has 11 heteroatoms. The van der Waals surface area contributed by atoms with Gasteiger partial charge in [0.05, 0.1) is 34.7 Å². The Morgan fingerprint density at radius 3 is 1.57 bits per heavy atom. The largest absolute Gasteiger partial charge is 0.418 e. The Labute approximate surface area is 164 Å². The van der Waals surface area contributed by atoms with Crippen LogP contribution in [-0.4, -0.2) is 6.67 Å². The van der Waals surface area contributed by atoms with Crippen molar-refractivity contribution in [2.45, 2.75) is 38.5 Å². The molecule has 2 aliphatic heterocycles.